The van der Waals surface area contributed by atoms with Crippen LogP contribution in [0.1, 0.15) is 12.6 Å². The maximum Gasteiger partial charge on any atom is 0.0865 e. The molecule has 3 heteroatoms. The molecule has 11 heavy (non-hydrogen) atoms. The Morgan fingerprint density at radius 3 is 3.27 bits per heavy atom. The summed E-state index contributed by atoms with van der Waals surface area (Å²) in [6.07, 6.45) is 3.34. The molecule has 0 saturated carbocycles. The molecule has 1 atom stereocenters. The molecule has 0 aliphatic carbocycles. The van der Waals surface area contributed by atoms with Gasteiger partial charge in [0.2, 0.25) is 0 Å². The van der Waals surface area contributed by atoms with Gasteiger partial charge in [-0.25, -0.2) is 0 Å². The van der Waals surface area contributed by atoms with Crippen molar-refractivity contribution < 1.29 is 4.74 Å². The lowest BCUT2D eigenvalue weighted by Gasteiger charge is -2.00. The van der Waals surface area contributed by atoms with Crippen LogP contribution < -0.4 is 0 Å². The second kappa shape index (κ2) is 2.66. The van der Waals surface area contributed by atoms with Crippen LogP contribution in [-0.2, 0) is 17.7 Å². The van der Waals surface area contributed by atoms with Crippen LogP contribution in [0.4, 0.5) is 0 Å². The average molecular weight is 152 g/mol. The van der Waals surface area contributed by atoms with E-state index in [0.29, 0.717) is 6.10 Å². The van der Waals surface area contributed by atoms with Crippen LogP contribution in [0, 0.1) is 0 Å². The zero-order valence-corrected chi connectivity index (χ0v) is 6.66. The van der Waals surface area contributed by atoms with Crippen LogP contribution in [0.3, 0.4) is 0 Å². The number of aryl methyl sites for hydroxylation is 1. The minimum atomic E-state index is 0.469. The van der Waals surface area contributed by atoms with Gasteiger partial charge in [0.15, 0.2) is 0 Å². The predicted molar refractivity (Wildman–Crippen MR) is 41.3 cm³/mol. The Labute approximate surface area is 66.0 Å². The lowest BCUT2D eigenvalue weighted by Crippen LogP contribution is -2.05. The molecule has 1 aliphatic heterocycles. The number of rotatable bonds is 3. The predicted octanol–water partition coefficient (Wildman–Crippen LogP) is 0.844. The second-order valence-electron chi connectivity index (χ2n) is 2.80. The SMILES string of the molecule is CCn1nccc1CC1CO1. The molecule has 2 rings (SSSR count). The van der Waals surface area contributed by atoms with E-state index in [4.69, 9.17) is 4.74 Å². The Morgan fingerprint density at radius 2 is 2.64 bits per heavy atom. The Hall–Kier alpha value is -0.830. The van der Waals surface area contributed by atoms with Crippen molar-refractivity contribution in [2.75, 3.05) is 6.61 Å². The third-order valence-corrected chi connectivity index (χ3v) is 1.94. The van der Waals surface area contributed by atoms with E-state index in [9.17, 15) is 0 Å². The Morgan fingerprint density at radius 1 is 1.82 bits per heavy atom. The molecule has 0 amide bonds. The van der Waals surface area contributed by atoms with Crippen LogP contribution in [-0.4, -0.2) is 22.5 Å². The summed E-state index contributed by atoms with van der Waals surface area (Å²) < 4.78 is 7.16. The molecule has 1 aromatic rings. The van der Waals surface area contributed by atoms with Crippen LogP contribution in [0.2, 0.25) is 0 Å². The first-order valence-corrected chi connectivity index (χ1v) is 4.02. The van der Waals surface area contributed by atoms with Gasteiger partial charge >= 0.3 is 0 Å². The van der Waals surface area contributed by atoms with Crippen molar-refractivity contribution in [2.24, 2.45) is 0 Å². The zero-order chi connectivity index (χ0) is 7.68. The minimum absolute atomic E-state index is 0.469. The van der Waals surface area contributed by atoms with E-state index >= 15 is 0 Å². The summed E-state index contributed by atoms with van der Waals surface area (Å²) in [6.45, 7) is 3.98. The van der Waals surface area contributed by atoms with Gasteiger partial charge in [-0.15, -0.1) is 0 Å². The van der Waals surface area contributed by atoms with E-state index in [0.717, 1.165) is 19.6 Å². The first-order valence-electron chi connectivity index (χ1n) is 4.02. The highest BCUT2D eigenvalue weighted by Crippen LogP contribution is 2.15. The van der Waals surface area contributed by atoms with Crippen LogP contribution in [0.25, 0.3) is 0 Å². The van der Waals surface area contributed by atoms with Crippen molar-refractivity contribution in [2.45, 2.75) is 26.0 Å². The van der Waals surface area contributed by atoms with E-state index in [2.05, 4.69) is 18.1 Å². The van der Waals surface area contributed by atoms with Crippen molar-refractivity contribution in [1.29, 1.82) is 0 Å². The minimum Gasteiger partial charge on any atom is -0.373 e. The first-order chi connectivity index (χ1) is 5.40. The fourth-order valence-electron chi connectivity index (χ4n) is 1.24. The molecule has 1 aromatic heterocycles. The molecule has 0 N–H and O–H groups in total. The van der Waals surface area contributed by atoms with Gasteiger partial charge in [-0.2, -0.15) is 5.10 Å². The van der Waals surface area contributed by atoms with Gasteiger partial charge in [-0.3, -0.25) is 4.68 Å². The standard InChI is InChI=1S/C8H12N2O/c1-2-10-7(3-4-9-10)5-8-6-11-8/h3-4,8H,2,5-6H2,1H3. The van der Waals surface area contributed by atoms with Crippen LogP contribution in [0.15, 0.2) is 12.3 Å². The summed E-state index contributed by atoms with van der Waals surface area (Å²) in [5, 5.41) is 4.18. The number of nitrogens with zero attached hydrogens (tertiary/aromatic N) is 2. The summed E-state index contributed by atoms with van der Waals surface area (Å²) in [6, 6.07) is 2.06. The van der Waals surface area contributed by atoms with Crippen molar-refractivity contribution in [1.82, 2.24) is 9.78 Å². The molecule has 0 radical (unpaired) electrons. The topological polar surface area (TPSA) is 30.4 Å². The van der Waals surface area contributed by atoms with Gasteiger partial charge in [-0.05, 0) is 13.0 Å². The highest BCUT2D eigenvalue weighted by molar-refractivity contribution is 5.03. The monoisotopic (exact) mass is 152 g/mol. The highest BCUT2D eigenvalue weighted by atomic mass is 16.6. The molecule has 0 bridgehead atoms. The van der Waals surface area contributed by atoms with Gasteiger partial charge in [0.1, 0.15) is 0 Å². The second-order valence-corrected chi connectivity index (χ2v) is 2.80. The number of hydrogen-bond acceptors (Lipinski definition) is 2. The Balaban J connectivity index is 2.07. The van der Waals surface area contributed by atoms with E-state index in [1.807, 2.05) is 10.9 Å². The van der Waals surface area contributed by atoms with E-state index in [-0.39, 0.29) is 0 Å². The number of aromatic nitrogens is 2. The van der Waals surface area contributed by atoms with Gasteiger partial charge < -0.3 is 4.74 Å². The molecule has 2 heterocycles. The molecule has 3 nitrogen and oxygen atoms in total. The summed E-state index contributed by atoms with van der Waals surface area (Å²) in [4.78, 5) is 0. The maximum atomic E-state index is 5.14. The molecular weight excluding hydrogens is 140 g/mol. The quantitative estimate of drug-likeness (QED) is 0.601. The summed E-state index contributed by atoms with van der Waals surface area (Å²) >= 11 is 0. The van der Waals surface area contributed by atoms with Crippen molar-refractivity contribution in [3.05, 3.63) is 18.0 Å². The fraction of sp³-hybridized carbons (Fsp3) is 0.625. The lowest BCUT2D eigenvalue weighted by molar-refractivity contribution is 0.402. The van der Waals surface area contributed by atoms with Crippen molar-refractivity contribution in [3.63, 3.8) is 0 Å². The van der Waals surface area contributed by atoms with E-state index < -0.39 is 0 Å². The maximum absolute atomic E-state index is 5.14. The van der Waals surface area contributed by atoms with Gasteiger partial charge in [0.25, 0.3) is 0 Å². The lowest BCUT2D eigenvalue weighted by atomic mass is 10.2. The summed E-state index contributed by atoms with van der Waals surface area (Å²) in [5.74, 6) is 0. The Kier molecular flexibility index (Phi) is 1.66. The molecular formula is C8H12N2O. The Bertz CT molecular complexity index is 240. The van der Waals surface area contributed by atoms with Crippen LogP contribution in [0.5, 0.6) is 0 Å². The molecule has 1 saturated heterocycles. The summed E-state index contributed by atoms with van der Waals surface area (Å²) in [5.41, 5.74) is 1.29. The first kappa shape index (κ1) is 6.85. The van der Waals surface area contributed by atoms with Gasteiger partial charge in [0.05, 0.1) is 12.7 Å². The normalized spacial score (nSPS) is 22.1. The molecule has 0 aromatic carbocycles. The van der Waals surface area contributed by atoms with E-state index in [1.165, 1.54) is 5.69 Å². The van der Waals surface area contributed by atoms with Crippen molar-refractivity contribution >= 4 is 0 Å². The zero-order valence-electron chi connectivity index (χ0n) is 6.66. The van der Waals surface area contributed by atoms with Gasteiger partial charge in [-0.1, -0.05) is 0 Å². The third kappa shape index (κ3) is 1.43. The molecule has 0 spiro atoms. The van der Waals surface area contributed by atoms with Gasteiger partial charge in [0, 0.05) is 24.9 Å². The van der Waals surface area contributed by atoms with Crippen LogP contribution >= 0.6 is 0 Å². The largest absolute Gasteiger partial charge is 0.373 e. The molecule has 1 fully saturated rings. The third-order valence-electron chi connectivity index (χ3n) is 1.94. The highest BCUT2D eigenvalue weighted by Gasteiger charge is 2.23. The summed E-state index contributed by atoms with van der Waals surface area (Å²) in [7, 11) is 0. The number of epoxide rings is 1. The fourth-order valence-corrected chi connectivity index (χ4v) is 1.24. The number of ether oxygens (including phenoxy) is 1. The molecule has 1 aliphatic rings. The van der Waals surface area contributed by atoms with Crippen molar-refractivity contribution in [3.8, 4) is 0 Å². The average Bonchev–Trinajstić information content (AvgIpc) is 2.68. The van der Waals surface area contributed by atoms with E-state index in [1.54, 1.807) is 0 Å². The number of hydrogen-bond donors (Lipinski definition) is 0. The smallest absolute Gasteiger partial charge is 0.0865 e. The molecule has 60 valence electrons. The molecule has 1 unspecified atom stereocenters.